The van der Waals surface area contributed by atoms with Crippen molar-refractivity contribution in [3.05, 3.63) is 83.2 Å². The maximum absolute atomic E-state index is 5.76. The molecule has 0 fully saturated rings. The average molecular weight is 376 g/mol. The third-order valence-electron chi connectivity index (χ3n) is 5.50. The fourth-order valence-electron chi connectivity index (χ4n) is 3.87. The van der Waals surface area contributed by atoms with Gasteiger partial charge in [-0.2, -0.15) is 0 Å². The Morgan fingerprint density at radius 2 is 1.54 bits per heavy atom. The van der Waals surface area contributed by atoms with Crippen LogP contribution in [0.2, 0.25) is 0 Å². The van der Waals surface area contributed by atoms with Crippen molar-refractivity contribution in [3.8, 4) is 0 Å². The van der Waals surface area contributed by atoms with Crippen LogP contribution in [-0.4, -0.2) is 20.2 Å². The van der Waals surface area contributed by atoms with Crippen LogP contribution in [0.15, 0.2) is 77.6 Å². The van der Waals surface area contributed by atoms with Gasteiger partial charge < -0.3 is 9.64 Å². The predicted molar refractivity (Wildman–Crippen MR) is 121 cm³/mol. The Kier molecular flexibility index (Phi) is 6.97. The maximum atomic E-state index is 5.76. The minimum absolute atomic E-state index is 0.956. The molecule has 1 aromatic rings. The first-order valence-corrected chi connectivity index (χ1v) is 10.6. The lowest BCUT2D eigenvalue weighted by molar-refractivity contribution is 0.298. The summed E-state index contributed by atoms with van der Waals surface area (Å²) >= 11 is 0. The first-order valence-electron chi connectivity index (χ1n) is 10.6. The molecule has 3 rings (SSSR count). The third kappa shape index (κ3) is 4.16. The van der Waals surface area contributed by atoms with E-state index in [1.165, 1.54) is 42.5 Å². The van der Waals surface area contributed by atoms with Crippen LogP contribution in [0, 0.1) is 0 Å². The molecule has 0 bridgehead atoms. The highest BCUT2D eigenvalue weighted by molar-refractivity contribution is 5.98. The Balaban J connectivity index is 1.86. The molecule has 0 unspecified atom stereocenters. The van der Waals surface area contributed by atoms with Crippen LogP contribution in [0.25, 0.3) is 5.57 Å². The Morgan fingerprint density at radius 3 is 2.07 bits per heavy atom. The minimum atomic E-state index is 0.956. The van der Waals surface area contributed by atoms with Crippen LogP contribution in [0.4, 0.5) is 5.69 Å². The first kappa shape index (κ1) is 20.3. The van der Waals surface area contributed by atoms with Gasteiger partial charge in [0, 0.05) is 29.9 Å². The van der Waals surface area contributed by atoms with Crippen molar-refractivity contribution >= 4 is 11.3 Å². The summed E-state index contributed by atoms with van der Waals surface area (Å²) in [6.07, 6.45) is 14.6. The van der Waals surface area contributed by atoms with Gasteiger partial charge in [0.1, 0.15) is 5.76 Å². The van der Waals surface area contributed by atoms with Gasteiger partial charge in [0.2, 0.25) is 0 Å². The second-order valence-electron chi connectivity index (χ2n) is 7.50. The van der Waals surface area contributed by atoms with Gasteiger partial charge in [0.05, 0.1) is 7.11 Å². The molecule has 0 aromatic heterocycles. The van der Waals surface area contributed by atoms with Crippen LogP contribution in [-0.2, 0) is 4.74 Å². The Bertz CT molecular complexity index is 798. The van der Waals surface area contributed by atoms with Crippen LogP contribution in [0.1, 0.15) is 51.5 Å². The van der Waals surface area contributed by atoms with Crippen LogP contribution in [0.5, 0.6) is 0 Å². The van der Waals surface area contributed by atoms with E-state index in [1.807, 2.05) is 0 Å². The molecule has 28 heavy (non-hydrogen) atoms. The van der Waals surface area contributed by atoms with E-state index >= 15 is 0 Å². The second-order valence-corrected chi connectivity index (χ2v) is 7.50. The Labute approximate surface area is 170 Å². The van der Waals surface area contributed by atoms with Crippen molar-refractivity contribution in [2.75, 3.05) is 25.1 Å². The van der Waals surface area contributed by atoms with E-state index in [2.05, 4.69) is 73.9 Å². The molecule has 148 valence electrons. The Morgan fingerprint density at radius 1 is 0.929 bits per heavy atom. The minimum Gasteiger partial charge on any atom is -0.495 e. The van der Waals surface area contributed by atoms with Gasteiger partial charge in [-0.05, 0) is 48.1 Å². The van der Waals surface area contributed by atoms with Crippen molar-refractivity contribution in [3.63, 3.8) is 0 Å². The smallest absolute Gasteiger partial charge is 0.135 e. The lowest BCUT2D eigenvalue weighted by atomic mass is 9.77. The topological polar surface area (TPSA) is 12.5 Å². The molecule has 2 aliphatic rings. The zero-order chi connectivity index (χ0) is 19.9. The number of benzene rings is 1. The molecule has 0 radical (unpaired) electrons. The lowest BCUT2D eigenvalue weighted by Gasteiger charge is -2.31. The van der Waals surface area contributed by atoms with Gasteiger partial charge in [-0.1, -0.05) is 69.7 Å². The summed E-state index contributed by atoms with van der Waals surface area (Å²) < 4.78 is 5.76. The number of allylic oxidation sites excluding steroid dienone is 7. The average Bonchev–Trinajstić information content (AvgIpc) is 2.73. The van der Waals surface area contributed by atoms with Crippen molar-refractivity contribution < 1.29 is 4.74 Å². The number of rotatable bonds is 9. The molecule has 2 aliphatic carbocycles. The summed E-state index contributed by atoms with van der Waals surface area (Å²) in [5.74, 6) is 0.956. The zero-order valence-corrected chi connectivity index (χ0v) is 17.6. The molecule has 0 saturated heterocycles. The molecular formula is C26H33NO. The molecule has 0 heterocycles. The molecule has 1 aromatic carbocycles. The van der Waals surface area contributed by atoms with Crippen LogP contribution < -0.4 is 4.90 Å². The van der Waals surface area contributed by atoms with Gasteiger partial charge in [0.25, 0.3) is 0 Å². The molecule has 2 heteroatoms. The number of nitrogens with zero attached hydrogens (tertiary/aromatic N) is 1. The van der Waals surface area contributed by atoms with E-state index in [1.54, 1.807) is 7.11 Å². The highest BCUT2D eigenvalue weighted by Crippen LogP contribution is 2.47. The number of anilines is 1. The SMILES string of the molecule is C=C1C(=C2C=CCC=C2)C(OC)=C1c1ccc(N(CCCC)CCCC)cc1. The normalized spacial score (nSPS) is 15.9. The predicted octanol–water partition coefficient (Wildman–Crippen LogP) is 6.83. The van der Waals surface area contributed by atoms with E-state index in [-0.39, 0.29) is 0 Å². The van der Waals surface area contributed by atoms with Crippen molar-refractivity contribution in [2.24, 2.45) is 0 Å². The third-order valence-corrected chi connectivity index (χ3v) is 5.50. The molecule has 0 amide bonds. The number of hydrogen-bond donors (Lipinski definition) is 0. The van der Waals surface area contributed by atoms with Gasteiger partial charge in [-0.3, -0.25) is 0 Å². The molecule has 0 atom stereocenters. The molecule has 2 nitrogen and oxygen atoms in total. The van der Waals surface area contributed by atoms with Crippen LogP contribution in [0.3, 0.4) is 0 Å². The largest absolute Gasteiger partial charge is 0.495 e. The van der Waals surface area contributed by atoms with Crippen molar-refractivity contribution in [1.29, 1.82) is 0 Å². The summed E-state index contributed by atoms with van der Waals surface area (Å²) in [6.45, 7) is 11.1. The van der Waals surface area contributed by atoms with Gasteiger partial charge >= 0.3 is 0 Å². The fraction of sp³-hybridized carbons (Fsp3) is 0.385. The molecule has 0 saturated carbocycles. The van der Waals surface area contributed by atoms with Gasteiger partial charge in [-0.25, -0.2) is 0 Å². The molecule has 0 spiro atoms. The summed E-state index contributed by atoms with van der Waals surface area (Å²) in [4.78, 5) is 2.52. The summed E-state index contributed by atoms with van der Waals surface area (Å²) in [6, 6.07) is 8.93. The first-order chi connectivity index (χ1) is 13.7. The number of methoxy groups -OCH3 is 1. The van der Waals surface area contributed by atoms with E-state index in [4.69, 9.17) is 4.74 Å². The van der Waals surface area contributed by atoms with Crippen LogP contribution >= 0.6 is 0 Å². The van der Waals surface area contributed by atoms with Gasteiger partial charge in [0.15, 0.2) is 0 Å². The Hall–Kier alpha value is -2.48. The van der Waals surface area contributed by atoms with E-state index in [0.29, 0.717) is 0 Å². The van der Waals surface area contributed by atoms with E-state index < -0.39 is 0 Å². The monoisotopic (exact) mass is 375 g/mol. The number of hydrogen-bond acceptors (Lipinski definition) is 2. The second kappa shape index (κ2) is 9.64. The fourth-order valence-corrected chi connectivity index (χ4v) is 3.87. The highest BCUT2D eigenvalue weighted by Gasteiger charge is 2.32. The number of ether oxygens (including phenoxy) is 1. The van der Waals surface area contributed by atoms with E-state index in [0.717, 1.165) is 42.0 Å². The van der Waals surface area contributed by atoms with Crippen molar-refractivity contribution in [1.82, 2.24) is 0 Å². The maximum Gasteiger partial charge on any atom is 0.135 e. The van der Waals surface area contributed by atoms with Gasteiger partial charge in [-0.15, -0.1) is 0 Å². The molecule has 0 N–H and O–H groups in total. The lowest BCUT2D eigenvalue weighted by Crippen LogP contribution is -2.25. The number of unbranched alkanes of at least 4 members (excludes halogenated alkanes) is 2. The van der Waals surface area contributed by atoms with Crippen molar-refractivity contribution in [2.45, 2.75) is 46.0 Å². The highest BCUT2D eigenvalue weighted by atomic mass is 16.5. The molecular weight excluding hydrogens is 342 g/mol. The van der Waals surface area contributed by atoms with E-state index in [9.17, 15) is 0 Å². The standard InChI is InChI=1S/C26H33NO/c1-5-7-18-27(19-8-6-2)23-16-14-22(15-17-23)25-20(3)24(26(25)28-4)21-12-10-9-11-13-21/h10-17H,3,5-9,18-19H2,1-2,4H3. The zero-order valence-electron chi connectivity index (χ0n) is 17.6. The molecule has 0 aliphatic heterocycles. The summed E-state index contributed by atoms with van der Waals surface area (Å²) in [7, 11) is 1.75. The summed E-state index contributed by atoms with van der Waals surface area (Å²) in [5, 5.41) is 0. The summed E-state index contributed by atoms with van der Waals surface area (Å²) in [5.41, 5.74) is 7.04. The quantitative estimate of drug-likeness (QED) is 0.469.